The predicted octanol–water partition coefficient (Wildman–Crippen LogP) is 2.40. The van der Waals surface area contributed by atoms with Crippen molar-refractivity contribution in [3.63, 3.8) is 0 Å². The summed E-state index contributed by atoms with van der Waals surface area (Å²) in [5, 5.41) is 2.69. The lowest BCUT2D eigenvalue weighted by atomic mass is 10.1. The van der Waals surface area contributed by atoms with Crippen LogP contribution in [0.4, 0.5) is 4.79 Å². The number of benzene rings is 1. The first kappa shape index (κ1) is 14.8. The van der Waals surface area contributed by atoms with E-state index >= 15 is 0 Å². The largest absolute Gasteiger partial charge is 0.492 e. The molecule has 3 amide bonds. The third-order valence-electron chi connectivity index (χ3n) is 3.10. The molecule has 0 unspecified atom stereocenters. The lowest BCUT2D eigenvalue weighted by Crippen LogP contribution is -2.36. The van der Waals surface area contributed by atoms with Gasteiger partial charge in [0.05, 0.1) is 6.54 Å². The van der Waals surface area contributed by atoms with Gasteiger partial charge in [0.25, 0.3) is 5.91 Å². The van der Waals surface area contributed by atoms with E-state index in [0.29, 0.717) is 5.75 Å². The summed E-state index contributed by atoms with van der Waals surface area (Å²) in [6, 6.07) is 6.66. The molecule has 0 spiro atoms. The van der Waals surface area contributed by atoms with E-state index in [0.717, 1.165) is 4.47 Å². The number of imide groups is 1. The summed E-state index contributed by atoms with van der Waals surface area (Å²) in [5.41, 5.74) is 0. The molecule has 1 fully saturated rings. The smallest absolute Gasteiger partial charge is 0.324 e. The summed E-state index contributed by atoms with van der Waals surface area (Å²) in [6.07, 6.45) is 0. The first-order valence-corrected chi connectivity index (χ1v) is 7.28. The molecule has 0 bridgehead atoms. The number of nitrogens with zero attached hydrogens (tertiary/aromatic N) is 1. The van der Waals surface area contributed by atoms with Gasteiger partial charge in [0.15, 0.2) is 0 Å². The highest BCUT2D eigenvalue weighted by Crippen LogP contribution is 2.18. The summed E-state index contributed by atoms with van der Waals surface area (Å²) in [5.74, 6) is 0.608. The molecule has 0 aliphatic carbocycles. The van der Waals surface area contributed by atoms with Gasteiger partial charge in [-0.05, 0) is 24.1 Å². The lowest BCUT2D eigenvalue weighted by Gasteiger charge is -2.15. The molecule has 1 aromatic carbocycles. The van der Waals surface area contributed by atoms with E-state index in [4.69, 9.17) is 4.74 Å². The molecule has 1 aliphatic rings. The van der Waals surface area contributed by atoms with Crippen molar-refractivity contribution in [3.8, 4) is 5.75 Å². The molecule has 1 aliphatic heterocycles. The Bertz CT molecular complexity index is 519. The molecule has 20 heavy (non-hydrogen) atoms. The zero-order chi connectivity index (χ0) is 14.7. The molecule has 1 atom stereocenters. The molecular weight excluding hydrogens is 324 g/mol. The van der Waals surface area contributed by atoms with Crippen LogP contribution in [-0.4, -0.2) is 36.0 Å². The van der Waals surface area contributed by atoms with Gasteiger partial charge in [0.1, 0.15) is 18.4 Å². The summed E-state index contributed by atoms with van der Waals surface area (Å²) in [6.45, 7) is 4.34. The van der Waals surface area contributed by atoms with E-state index < -0.39 is 6.04 Å². The standard InChI is InChI=1S/C14H17BrN2O3/c1-9(2)12-13(18)17(14(19)16-12)6-7-20-11-5-3-4-10(15)8-11/h3-5,8-9,12H,6-7H2,1-2H3,(H,16,19)/t12-/m1/s1. The van der Waals surface area contributed by atoms with Crippen molar-refractivity contribution in [2.75, 3.05) is 13.2 Å². The van der Waals surface area contributed by atoms with Crippen molar-refractivity contribution in [1.29, 1.82) is 0 Å². The second-order valence-corrected chi connectivity index (χ2v) is 5.88. The average Bonchev–Trinajstić information content (AvgIpc) is 2.67. The number of carbonyl (C=O) groups is 2. The Labute approximate surface area is 126 Å². The van der Waals surface area contributed by atoms with Crippen LogP contribution in [0.1, 0.15) is 13.8 Å². The molecule has 2 rings (SSSR count). The quantitative estimate of drug-likeness (QED) is 0.837. The maximum Gasteiger partial charge on any atom is 0.324 e. The van der Waals surface area contributed by atoms with Crippen molar-refractivity contribution < 1.29 is 14.3 Å². The van der Waals surface area contributed by atoms with Gasteiger partial charge in [-0.25, -0.2) is 4.79 Å². The normalized spacial score (nSPS) is 18.6. The summed E-state index contributed by atoms with van der Waals surface area (Å²) >= 11 is 3.35. The molecule has 1 aromatic rings. The van der Waals surface area contributed by atoms with Crippen LogP contribution in [0, 0.1) is 5.92 Å². The highest BCUT2D eigenvalue weighted by Gasteiger charge is 2.39. The van der Waals surface area contributed by atoms with Crippen LogP contribution >= 0.6 is 15.9 Å². The second kappa shape index (κ2) is 6.26. The first-order chi connectivity index (χ1) is 9.49. The Morgan fingerprint density at radius 2 is 2.15 bits per heavy atom. The number of hydrogen-bond acceptors (Lipinski definition) is 3. The van der Waals surface area contributed by atoms with Crippen LogP contribution in [0.25, 0.3) is 0 Å². The second-order valence-electron chi connectivity index (χ2n) is 4.97. The predicted molar refractivity (Wildman–Crippen MR) is 78.5 cm³/mol. The van der Waals surface area contributed by atoms with E-state index in [1.165, 1.54) is 4.90 Å². The van der Waals surface area contributed by atoms with Crippen LogP contribution in [0.5, 0.6) is 5.75 Å². The molecule has 6 heteroatoms. The molecule has 1 N–H and O–H groups in total. The van der Waals surface area contributed by atoms with Crippen molar-refractivity contribution in [3.05, 3.63) is 28.7 Å². The average molecular weight is 341 g/mol. The van der Waals surface area contributed by atoms with Gasteiger partial charge in [0, 0.05) is 4.47 Å². The molecule has 5 nitrogen and oxygen atoms in total. The van der Waals surface area contributed by atoms with Gasteiger partial charge in [-0.2, -0.15) is 0 Å². The summed E-state index contributed by atoms with van der Waals surface area (Å²) in [7, 11) is 0. The Hall–Kier alpha value is -1.56. The van der Waals surface area contributed by atoms with Gasteiger partial charge >= 0.3 is 6.03 Å². The topological polar surface area (TPSA) is 58.6 Å². The fourth-order valence-corrected chi connectivity index (χ4v) is 2.39. The Balaban J connectivity index is 1.88. The fraction of sp³-hybridized carbons (Fsp3) is 0.429. The van der Waals surface area contributed by atoms with Gasteiger partial charge < -0.3 is 10.1 Å². The van der Waals surface area contributed by atoms with Gasteiger partial charge in [-0.15, -0.1) is 0 Å². The zero-order valence-electron chi connectivity index (χ0n) is 11.4. The van der Waals surface area contributed by atoms with Gasteiger partial charge in [-0.1, -0.05) is 35.8 Å². The third kappa shape index (κ3) is 3.30. The van der Waals surface area contributed by atoms with Crippen molar-refractivity contribution >= 4 is 27.9 Å². The van der Waals surface area contributed by atoms with E-state index in [-0.39, 0.29) is 31.0 Å². The van der Waals surface area contributed by atoms with Gasteiger partial charge in [0.2, 0.25) is 0 Å². The van der Waals surface area contributed by atoms with Crippen molar-refractivity contribution in [1.82, 2.24) is 10.2 Å². The number of hydrogen-bond donors (Lipinski definition) is 1. The Morgan fingerprint density at radius 3 is 2.75 bits per heavy atom. The summed E-state index contributed by atoms with van der Waals surface area (Å²) in [4.78, 5) is 25.0. The molecule has 108 valence electrons. The lowest BCUT2D eigenvalue weighted by molar-refractivity contribution is -0.128. The van der Waals surface area contributed by atoms with E-state index in [1.807, 2.05) is 38.1 Å². The molecular formula is C14H17BrN2O3. The van der Waals surface area contributed by atoms with E-state index in [2.05, 4.69) is 21.2 Å². The number of halogens is 1. The van der Waals surface area contributed by atoms with Crippen molar-refractivity contribution in [2.45, 2.75) is 19.9 Å². The molecule has 0 aromatic heterocycles. The van der Waals surface area contributed by atoms with Gasteiger partial charge in [-0.3, -0.25) is 9.69 Å². The minimum atomic E-state index is -0.423. The molecule has 1 saturated heterocycles. The number of amides is 3. The van der Waals surface area contributed by atoms with Crippen LogP contribution in [-0.2, 0) is 4.79 Å². The van der Waals surface area contributed by atoms with E-state index in [1.54, 1.807) is 0 Å². The first-order valence-electron chi connectivity index (χ1n) is 6.49. The monoisotopic (exact) mass is 340 g/mol. The Kier molecular flexibility index (Phi) is 4.65. The van der Waals surface area contributed by atoms with Crippen LogP contribution in [0.2, 0.25) is 0 Å². The Morgan fingerprint density at radius 1 is 1.40 bits per heavy atom. The maximum atomic E-state index is 12.0. The SMILES string of the molecule is CC(C)[C@H]1NC(=O)N(CCOc2cccc(Br)c2)C1=O. The van der Waals surface area contributed by atoms with Crippen LogP contribution < -0.4 is 10.1 Å². The number of rotatable bonds is 5. The number of nitrogens with one attached hydrogen (secondary N) is 1. The third-order valence-corrected chi connectivity index (χ3v) is 3.60. The fourth-order valence-electron chi connectivity index (χ4n) is 2.02. The number of carbonyl (C=O) groups excluding carboxylic acids is 2. The number of ether oxygens (including phenoxy) is 1. The highest BCUT2D eigenvalue weighted by molar-refractivity contribution is 9.10. The maximum absolute atomic E-state index is 12.0. The van der Waals surface area contributed by atoms with Crippen molar-refractivity contribution in [2.24, 2.45) is 5.92 Å². The number of urea groups is 1. The van der Waals surface area contributed by atoms with Crippen LogP contribution in [0.3, 0.4) is 0 Å². The summed E-state index contributed by atoms with van der Waals surface area (Å²) < 4.78 is 6.46. The minimum Gasteiger partial charge on any atom is -0.492 e. The molecule has 0 saturated carbocycles. The van der Waals surface area contributed by atoms with Crippen LogP contribution in [0.15, 0.2) is 28.7 Å². The highest BCUT2D eigenvalue weighted by atomic mass is 79.9. The van der Waals surface area contributed by atoms with E-state index in [9.17, 15) is 9.59 Å². The molecule has 1 heterocycles. The minimum absolute atomic E-state index is 0.0856. The molecule has 0 radical (unpaired) electrons. The zero-order valence-corrected chi connectivity index (χ0v) is 13.0.